The van der Waals surface area contributed by atoms with Crippen LogP contribution in [-0.2, 0) is 16.1 Å². The van der Waals surface area contributed by atoms with Crippen LogP contribution in [0.4, 0.5) is 0 Å². The predicted molar refractivity (Wildman–Crippen MR) is 121 cm³/mol. The fourth-order valence-electron chi connectivity index (χ4n) is 2.38. The van der Waals surface area contributed by atoms with Crippen LogP contribution in [-0.4, -0.2) is 62.8 Å². The number of methoxy groups -OCH3 is 1. The van der Waals surface area contributed by atoms with E-state index in [2.05, 4.69) is 27.8 Å². The van der Waals surface area contributed by atoms with Gasteiger partial charge in [-0.25, -0.2) is 9.79 Å². The number of aliphatic imine (C=N–C) groups is 1. The summed E-state index contributed by atoms with van der Waals surface area (Å²) in [6.07, 6.45) is 0. The summed E-state index contributed by atoms with van der Waals surface area (Å²) in [4.78, 5) is 30.7. The standard InChI is InChI=1S/C22H28N4O3S/c1-26(2)20(27)16-25-22(23-13-14-30-19-7-5-4-6-8-19)24-15-17-9-11-18(12-10-17)21(28)29-3/h4-12H,13-16H2,1-3H3,(H2,23,24,25). The second-order valence-corrected chi connectivity index (χ2v) is 7.75. The van der Waals surface area contributed by atoms with Crippen molar-refractivity contribution in [1.82, 2.24) is 15.5 Å². The van der Waals surface area contributed by atoms with Gasteiger partial charge in [0.1, 0.15) is 0 Å². The van der Waals surface area contributed by atoms with Crippen molar-refractivity contribution in [2.45, 2.75) is 11.4 Å². The second kappa shape index (κ2) is 12.5. The molecule has 8 heteroatoms. The fraction of sp³-hybridized carbons (Fsp3) is 0.318. The van der Waals surface area contributed by atoms with Gasteiger partial charge in [-0.05, 0) is 29.8 Å². The highest BCUT2D eigenvalue weighted by Crippen LogP contribution is 2.15. The van der Waals surface area contributed by atoms with E-state index in [1.54, 1.807) is 38.0 Å². The molecule has 0 unspecified atom stereocenters. The summed E-state index contributed by atoms with van der Waals surface area (Å²) in [6, 6.07) is 17.3. The van der Waals surface area contributed by atoms with E-state index in [-0.39, 0.29) is 18.4 Å². The van der Waals surface area contributed by atoms with Crippen LogP contribution in [0.2, 0.25) is 0 Å². The van der Waals surface area contributed by atoms with Crippen molar-refractivity contribution in [1.29, 1.82) is 0 Å². The molecule has 0 heterocycles. The molecule has 0 aromatic heterocycles. The van der Waals surface area contributed by atoms with Crippen LogP contribution in [0.3, 0.4) is 0 Å². The number of nitrogens with one attached hydrogen (secondary N) is 2. The molecular weight excluding hydrogens is 400 g/mol. The predicted octanol–water partition coefficient (Wildman–Crippen LogP) is 2.39. The molecule has 2 N–H and O–H groups in total. The van der Waals surface area contributed by atoms with E-state index in [9.17, 15) is 9.59 Å². The first-order valence-corrected chi connectivity index (χ1v) is 10.6. The Morgan fingerprint density at radius 2 is 1.73 bits per heavy atom. The first kappa shape index (κ1) is 23.3. The number of nitrogens with zero attached hydrogens (tertiary/aromatic N) is 2. The maximum absolute atomic E-state index is 11.9. The number of ether oxygens (including phenoxy) is 1. The maximum atomic E-state index is 11.9. The van der Waals surface area contributed by atoms with Crippen LogP contribution >= 0.6 is 11.8 Å². The molecule has 2 aromatic rings. The van der Waals surface area contributed by atoms with E-state index in [4.69, 9.17) is 4.74 Å². The number of carbonyl (C=O) groups excluding carboxylic acids is 2. The summed E-state index contributed by atoms with van der Waals surface area (Å²) in [5, 5.41) is 6.34. The van der Waals surface area contributed by atoms with Crippen LogP contribution in [0.25, 0.3) is 0 Å². The number of esters is 1. The Morgan fingerprint density at radius 3 is 2.37 bits per heavy atom. The minimum Gasteiger partial charge on any atom is -0.465 e. The number of benzene rings is 2. The van der Waals surface area contributed by atoms with Gasteiger partial charge in [0.15, 0.2) is 5.96 Å². The zero-order valence-corrected chi connectivity index (χ0v) is 18.4. The Morgan fingerprint density at radius 1 is 1.03 bits per heavy atom. The van der Waals surface area contributed by atoms with Gasteiger partial charge in [0.05, 0.1) is 25.8 Å². The molecular formula is C22H28N4O3S. The summed E-state index contributed by atoms with van der Waals surface area (Å²) >= 11 is 1.75. The van der Waals surface area contributed by atoms with E-state index >= 15 is 0 Å². The minimum atomic E-state index is -0.368. The van der Waals surface area contributed by atoms with Gasteiger partial charge in [0.2, 0.25) is 5.91 Å². The van der Waals surface area contributed by atoms with E-state index in [1.165, 1.54) is 16.9 Å². The number of amides is 1. The lowest BCUT2D eigenvalue weighted by Gasteiger charge is -2.15. The smallest absolute Gasteiger partial charge is 0.337 e. The minimum absolute atomic E-state index is 0.0365. The van der Waals surface area contributed by atoms with Gasteiger partial charge in [-0.3, -0.25) is 4.79 Å². The molecule has 7 nitrogen and oxygen atoms in total. The van der Waals surface area contributed by atoms with Crippen LogP contribution in [0, 0.1) is 0 Å². The van der Waals surface area contributed by atoms with Crippen molar-refractivity contribution in [2.75, 3.05) is 40.0 Å². The number of hydrogen-bond acceptors (Lipinski definition) is 5. The summed E-state index contributed by atoms with van der Waals surface area (Å²) in [6.45, 7) is 1.27. The van der Waals surface area contributed by atoms with Crippen molar-refractivity contribution in [3.63, 3.8) is 0 Å². The Bertz CT molecular complexity index is 839. The largest absolute Gasteiger partial charge is 0.465 e. The molecule has 2 aromatic carbocycles. The van der Waals surface area contributed by atoms with Crippen LogP contribution in [0.15, 0.2) is 64.5 Å². The molecule has 30 heavy (non-hydrogen) atoms. The third-order valence-corrected chi connectivity index (χ3v) is 5.12. The molecule has 2 rings (SSSR count). The fourth-order valence-corrected chi connectivity index (χ4v) is 3.17. The van der Waals surface area contributed by atoms with Crippen LogP contribution < -0.4 is 10.6 Å². The highest BCUT2D eigenvalue weighted by molar-refractivity contribution is 7.99. The lowest BCUT2D eigenvalue weighted by Crippen LogP contribution is -2.43. The molecule has 160 valence electrons. The molecule has 0 atom stereocenters. The van der Waals surface area contributed by atoms with Crippen molar-refractivity contribution >= 4 is 29.6 Å². The summed E-state index contributed by atoms with van der Waals surface area (Å²) < 4.78 is 4.71. The highest BCUT2D eigenvalue weighted by atomic mass is 32.2. The number of hydrogen-bond donors (Lipinski definition) is 2. The summed E-state index contributed by atoms with van der Waals surface area (Å²) in [7, 11) is 4.79. The van der Waals surface area contributed by atoms with Gasteiger partial charge in [0, 0.05) is 31.3 Å². The molecule has 0 saturated carbocycles. The van der Waals surface area contributed by atoms with Crippen molar-refractivity contribution in [3.05, 3.63) is 65.7 Å². The maximum Gasteiger partial charge on any atom is 0.337 e. The van der Waals surface area contributed by atoms with E-state index in [1.807, 2.05) is 30.3 Å². The molecule has 0 saturated heterocycles. The van der Waals surface area contributed by atoms with E-state index in [0.717, 1.165) is 11.3 Å². The van der Waals surface area contributed by atoms with Gasteiger partial charge in [-0.15, -0.1) is 11.8 Å². The Hall–Kier alpha value is -3.00. The lowest BCUT2D eigenvalue weighted by molar-refractivity contribution is -0.127. The zero-order valence-electron chi connectivity index (χ0n) is 17.6. The quantitative estimate of drug-likeness (QED) is 0.210. The lowest BCUT2D eigenvalue weighted by atomic mass is 10.1. The Balaban J connectivity index is 1.93. The highest BCUT2D eigenvalue weighted by Gasteiger charge is 2.07. The molecule has 0 spiro atoms. The number of likely N-dealkylation sites (N-methyl/N-ethyl adjacent to an activating group) is 1. The molecule has 0 radical (unpaired) electrons. The number of thioether (sulfide) groups is 1. The van der Waals surface area contributed by atoms with E-state index < -0.39 is 0 Å². The topological polar surface area (TPSA) is 83.0 Å². The number of guanidine groups is 1. The molecule has 1 amide bonds. The van der Waals surface area contributed by atoms with Crippen LogP contribution in [0.1, 0.15) is 15.9 Å². The monoisotopic (exact) mass is 428 g/mol. The zero-order chi connectivity index (χ0) is 21.8. The first-order chi connectivity index (χ1) is 14.5. The molecule has 0 aliphatic heterocycles. The Labute approximate surface area is 181 Å². The molecule has 0 aliphatic rings. The average Bonchev–Trinajstić information content (AvgIpc) is 2.78. The first-order valence-electron chi connectivity index (χ1n) is 9.57. The average molecular weight is 429 g/mol. The normalized spacial score (nSPS) is 11.0. The van der Waals surface area contributed by atoms with Crippen LogP contribution in [0.5, 0.6) is 0 Å². The van der Waals surface area contributed by atoms with Gasteiger partial charge in [0.25, 0.3) is 0 Å². The van der Waals surface area contributed by atoms with Gasteiger partial charge in [-0.2, -0.15) is 0 Å². The Kier molecular flexibility index (Phi) is 9.73. The van der Waals surface area contributed by atoms with Crippen molar-refractivity contribution < 1.29 is 14.3 Å². The second-order valence-electron chi connectivity index (χ2n) is 6.58. The number of rotatable bonds is 9. The third-order valence-electron chi connectivity index (χ3n) is 4.11. The molecule has 0 bridgehead atoms. The third kappa shape index (κ3) is 8.16. The SMILES string of the molecule is COC(=O)c1ccc(CN=C(NCCSc2ccccc2)NCC(=O)N(C)C)cc1. The van der Waals surface area contributed by atoms with Crippen molar-refractivity contribution in [3.8, 4) is 0 Å². The summed E-state index contributed by atoms with van der Waals surface area (Å²) in [5.74, 6) is 1.02. The molecule has 0 fully saturated rings. The molecule has 0 aliphatic carbocycles. The van der Waals surface area contributed by atoms with Gasteiger partial charge >= 0.3 is 5.97 Å². The van der Waals surface area contributed by atoms with Gasteiger partial charge in [-0.1, -0.05) is 30.3 Å². The van der Waals surface area contributed by atoms with Gasteiger partial charge < -0.3 is 20.3 Å². The van der Waals surface area contributed by atoms with Crippen molar-refractivity contribution in [2.24, 2.45) is 4.99 Å². The van der Waals surface area contributed by atoms with E-state index in [0.29, 0.717) is 24.6 Å². The number of carbonyl (C=O) groups is 2. The summed E-state index contributed by atoms with van der Waals surface area (Å²) in [5.41, 5.74) is 1.44.